The van der Waals surface area contributed by atoms with Gasteiger partial charge in [-0.05, 0) is 12.8 Å². The zero-order valence-corrected chi connectivity index (χ0v) is 8.34. The second kappa shape index (κ2) is 6.18. The number of carbonyl (C=O) groups excluding carboxylic acids is 1. The molecule has 0 aromatic carbocycles. The first kappa shape index (κ1) is 11.6. The highest BCUT2D eigenvalue weighted by Gasteiger charge is 2.19. The van der Waals surface area contributed by atoms with Crippen LogP contribution in [0.4, 0.5) is 0 Å². The SMILES string of the molecule is CCCC(C)C(=O)C(O)CCC. The molecular weight excluding hydrogens is 152 g/mol. The summed E-state index contributed by atoms with van der Waals surface area (Å²) in [6.07, 6.45) is 2.64. The topological polar surface area (TPSA) is 37.3 Å². The molecule has 0 fully saturated rings. The highest BCUT2D eigenvalue weighted by atomic mass is 16.3. The molecule has 0 heterocycles. The Morgan fingerprint density at radius 1 is 1.25 bits per heavy atom. The van der Waals surface area contributed by atoms with E-state index in [9.17, 15) is 9.90 Å². The van der Waals surface area contributed by atoms with Crippen LogP contribution in [0.15, 0.2) is 0 Å². The van der Waals surface area contributed by atoms with Gasteiger partial charge in [0.1, 0.15) is 6.10 Å². The van der Waals surface area contributed by atoms with Crippen molar-refractivity contribution in [3.8, 4) is 0 Å². The van der Waals surface area contributed by atoms with Crippen LogP contribution < -0.4 is 0 Å². The van der Waals surface area contributed by atoms with Crippen LogP contribution in [0.2, 0.25) is 0 Å². The van der Waals surface area contributed by atoms with Crippen molar-refractivity contribution in [1.29, 1.82) is 0 Å². The van der Waals surface area contributed by atoms with E-state index >= 15 is 0 Å². The Morgan fingerprint density at radius 2 is 1.75 bits per heavy atom. The third-order valence-corrected chi connectivity index (χ3v) is 2.10. The molecule has 0 rings (SSSR count). The van der Waals surface area contributed by atoms with Crippen molar-refractivity contribution in [3.63, 3.8) is 0 Å². The number of hydrogen-bond donors (Lipinski definition) is 1. The van der Waals surface area contributed by atoms with E-state index in [1.807, 2.05) is 13.8 Å². The molecule has 12 heavy (non-hydrogen) atoms. The third kappa shape index (κ3) is 3.86. The van der Waals surface area contributed by atoms with Gasteiger partial charge in [-0.3, -0.25) is 4.79 Å². The minimum absolute atomic E-state index is 0.0127. The normalized spacial score (nSPS) is 15.7. The molecule has 0 saturated carbocycles. The lowest BCUT2D eigenvalue weighted by atomic mass is 9.95. The first-order valence-electron chi connectivity index (χ1n) is 4.85. The monoisotopic (exact) mass is 172 g/mol. The van der Waals surface area contributed by atoms with E-state index in [-0.39, 0.29) is 11.7 Å². The summed E-state index contributed by atoms with van der Waals surface area (Å²) in [6.45, 7) is 5.92. The van der Waals surface area contributed by atoms with E-state index in [1.54, 1.807) is 0 Å². The number of ketones is 1. The van der Waals surface area contributed by atoms with Crippen LogP contribution in [0.5, 0.6) is 0 Å². The number of aliphatic hydroxyl groups is 1. The Morgan fingerprint density at radius 3 is 2.17 bits per heavy atom. The van der Waals surface area contributed by atoms with Crippen molar-refractivity contribution in [2.75, 3.05) is 0 Å². The fourth-order valence-corrected chi connectivity index (χ4v) is 1.32. The first-order chi connectivity index (χ1) is 5.63. The van der Waals surface area contributed by atoms with Crippen LogP contribution >= 0.6 is 0 Å². The van der Waals surface area contributed by atoms with Crippen LogP contribution in [-0.4, -0.2) is 17.0 Å². The maximum atomic E-state index is 11.4. The second-order valence-electron chi connectivity index (χ2n) is 3.40. The van der Waals surface area contributed by atoms with Crippen molar-refractivity contribution in [2.24, 2.45) is 5.92 Å². The molecule has 0 aromatic rings. The van der Waals surface area contributed by atoms with Crippen LogP contribution in [0.3, 0.4) is 0 Å². The summed E-state index contributed by atoms with van der Waals surface area (Å²) in [5.74, 6) is 0.0373. The summed E-state index contributed by atoms with van der Waals surface area (Å²) < 4.78 is 0. The Labute approximate surface area is 75.0 Å². The van der Waals surface area contributed by atoms with E-state index in [1.165, 1.54) is 0 Å². The molecular formula is C10H20O2. The van der Waals surface area contributed by atoms with Gasteiger partial charge in [0, 0.05) is 5.92 Å². The lowest BCUT2D eigenvalue weighted by Crippen LogP contribution is -2.26. The second-order valence-corrected chi connectivity index (χ2v) is 3.40. The molecule has 1 N–H and O–H groups in total. The van der Waals surface area contributed by atoms with Gasteiger partial charge in [0.2, 0.25) is 0 Å². The average molecular weight is 172 g/mol. The van der Waals surface area contributed by atoms with Gasteiger partial charge >= 0.3 is 0 Å². The van der Waals surface area contributed by atoms with Crippen molar-refractivity contribution in [3.05, 3.63) is 0 Å². The van der Waals surface area contributed by atoms with Gasteiger partial charge in [-0.25, -0.2) is 0 Å². The van der Waals surface area contributed by atoms with E-state index in [0.717, 1.165) is 19.3 Å². The molecule has 0 amide bonds. The van der Waals surface area contributed by atoms with Crippen molar-refractivity contribution in [1.82, 2.24) is 0 Å². The van der Waals surface area contributed by atoms with Crippen molar-refractivity contribution >= 4 is 5.78 Å². The third-order valence-electron chi connectivity index (χ3n) is 2.10. The summed E-state index contributed by atoms with van der Waals surface area (Å²) in [5, 5.41) is 9.37. The van der Waals surface area contributed by atoms with Gasteiger partial charge < -0.3 is 5.11 Å². The zero-order chi connectivity index (χ0) is 9.56. The van der Waals surface area contributed by atoms with Gasteiger partial charge in [-0.1, -0.05) is 33.6 Å². The minimum atomic E-state index is -0.725. The maximum Gasteiger partial charge on any atom is 0.164 e. The fraction of sp³-hybridized carbons (Fsp3) is 0.900. The van der Waals surface area contributed by atoms with Gasteiger partial charge in [0.15, 0.2) is 5.78 Å². The lowest BCUT2D eigenvalue weighted by Gasteiger charge is -2.13. The number of rotatable bonds is 6. The molecule has 72 valence electrons. The molecule has 0 aliphatic heterocycles. The molecule has 0 bridgehead atoms. The summed E-state index contributed by atoms with van der Waals surface area (Å²) in [7, 11) is 0. The average Bonchev–Trinajstić information content (AvgIpc) is 2.04. The summed E-state index contributed by atoms with van der Waals surface area (Å²) in [4.78, 5) is 11.4. The molecule has 0 spiro atoms. The lowest BCUT2D eigenvalue weighted by molar-refractivity contribution is -0.131. The highest BCUT2D eigenvalue weighted by molar-refractivity contribution is 5.84. The predicted octanol–water partition coefficient (Wildman–Crippen LogP) is 2.15. The van der Waals surface area contributed by atoms with E-state index < -0.39 is 6.10 Å². The quantitative estimate of drug-likeness (QED) is 0.666. The standard InChI is InChI=1S/C10H20O2/c1-4-6-8(3)10(12)9(11)7-5-2/h8-9,11H,4-7H2,1-3H3. The zero-order valence-electron chi connectivity index (χ0n) is 8.34. The summed E-state index contributed by atoms with van der Waals surface area (Å²) in [5.41, 5.74) is 0. The maximum absolute atomic E-state index is 11.4. The fourth-order valence-electron chi connectivity index (χ4n) is 1.32. The smallest absolute Gasteiger partial charge is 0.164 e. The Kier molecular flexibility index (Phi) is 5.99. The first-order valence-corrected chi connectivity index (χ1v) is 4.85. The molecule has 2 nitrogen and oxygen atoms in total. The molecule has 2 atom stereocenters. The van der Waals surface area contributed by atoms with Gasteiger partial charge in [-0.15, -0.1) is 0 Å². The molecule has 0 aliphatic carbocycles. The number of Topliss-reactive ketones (excluding diaryl/α,β-unsaturated/α-hetero) is 1. The predicted molar refractivity (Wildman–Crippen MR) is 50.0 cm³/mol. The molecule has 0 aromatic heterocycles. The van der Waals surface area contributed by atoms with Crippen molar-refractivity contribution in [2.45, 2.75) is 52.6 Å². The summed E-state index contributed by atoms with van der Waals surface area (Å²) in [6, 6.07) is 0. The van der Waals surface area contributed by atoms with Gasteiger partial charge in [-0.2, -0.15) is 0 Å². The highest BCUT2D eigenvalue weighted by Crippen LogP contribution is 2.11. The summed E-state index contributed by atoms with van der Waals surface area (Å²) >= 11 is 0. The molecule has 2 unspecified atom stereocenters. The van der Waals surface area contributed by atoms with Crippen LogP contribution in [-0.2, 0) is 4.79 Å². The Hall–Kier alpha value is -0.370. The van der Waals surface area contributed by atoms with Gasteiger partial charge in [0.05, 0.1) is 0 Å². The van der Waals surface area contributed by atoms with Crippen molar-refractivity contribution < 1.29 is 9.90 Å². The number of aliphatic hydroxyl groups excluding tert-OH is 1. The molecule has 0 saturated heterocycles. The Bertz CT molecular complexity index is 118. The Balaban J connectivity index is 3.82. The van der Waals surface area contributed by atoms with E-state index in [4.69, 9.17) is 0 Å². The van der Waals surface area contributed by atoms with E-state index in [0.29, 0.717) is 6.42 Å². The molecule has 0 aliphatic rings. The largest absolute Gasteiger partial charge is 0.385 e. The molecule has 0 radical (unpaired) electrons. The number of carbonyl (C=O) groups is 1. The molecule has 2 heteroatoms. The van der Waals surface area contributed by atoms with Crippen LogP contribution in [0.1, 0.15) is 46.5 Å². The van der Waals surface area contributed by atoms with E-state index in [2.05, 4.69) is 6.92 Å². The number of hydrogen-bond acceptors (Lipinski definition) is 2. The van der Waals surface area contributed by atoms with Crippen LogP contribution in [0, 0.1) is 5.92 Å². The minimum Gasteiger partial charge on any atom is -0.385 e. The van der Waals surface area contributed by atoms with Gasteiger partial charge in [0.25, 0.3) is 0 Å². The van der Waals surface area contributed by atoms with Crippen LogP contribution in [0.25, 0.3) is 0 Å².